The first kappa shape index (κ1) is 44.1. The third-order valence-corrected chi connectivity index (χ3v) is 11.9. The van der Waals surface area contributed by atoms with Gasteiger partial charge in [0, 0.05) is 6.61 Å². The minimum Gasteiger partial charge on any atom is -0.387 e. The third-order valence-electron chi connectivity index (χ3n) is 11.0. The van der Waals surface area contributed by atoms with Gasteiger partial charge in [0.1, 0.15) is 47.7 Å². The molecule has 310 valence electrons. The van der Waals surface area contributed by atoms with Gasteiger partial charge in [0.05, 0.1) is 37.1 Å². The zero-order chi connectivity index (χ0) is 40.2. The molecule has 0 bridgehead atoms. The Labute approximate surface area is 329 Å². The minimum atomic E-state index is -4.86. The fourth-order valence-electron chi connectivity index (χ4n) is 7.60. The van der Waals surface area contributed by atoms with Gasteiger partial charge in [-0.05, 0) is 49.2 Å². The highest BCUT2D eigenvalue weighted by Crippen LogP contribution is 2.68. The van der Waals surface area contributed by atoms with Gasteiger partial charge in [0.15, 0.2) is 11.4 Å². The van der Waals surface area contributed by atoms with Gasteiger partial charge >= 0.3 is 7.82 Å². The summed E-state index contributed by atoms with van der Waals surface area (Å²) in [6.45, 7) is 3.60. The summed E-state index contributed by atoms with van der Waals surface area (Å²) in [5.74, 6) is -0.377. The molecular formula is C40H59FN5O9P. The van der Waals surface area contributed by atoms with Crippen molar-refractivity contribution in [3.63, 3.8) is 0 Å². The van der Waals surface area contributed by atoms with E-state index in [1.807, 2.05) is 6.07 Å². The Morgan fingerprint density at radius 1 is 1.02 bits per heavy atom. The number of hydrogen-bond acceptors (Lipinski definition) is 12. The van der Waals surface area contributed by atoms with Gasteiger partial charge in [-0.3, -0.25) is 9.05 Å². The molecule has 1 saturated heterocycles. The summed E-state index contributed by atoms with van der Waals surface area (Å²) in [6, 6.07) is 9.03. The molecule has 1 aliphatic heterocycles. The van der Waals surface area contributed by atoms with Crippen LogP contribution in [0.4, 0.5) is 10.2 Å². The van der Waals surface area contributed by atoms with Crippen molar-refractivity contribution < 1.29 is 47.3 Å². The molecule has 7 atom stereocenters. The summed E-state index contributed by atoms with van der Waals surface area (Å²) in [7, 11) is -4.86. The van der Waals surface area contributed by atoms with E-state index in [-0.39, 0.29) is 24.6 Å². The molecule has 2 aliphatic rings. The first-order valence-corrected chi connectivity index (χ1v) is 21.6. The number of unbranched alkanes of at least 4 members (excludes halogenated alkanes) is 14. The Hall–Kier alpha value is -3.03. The molecule has 16 heteroatoms. The highest BCUT2D eigenvalue weighted by atomic mass is 31.2. The number of nitrogens with zero attached hydrogens (tertiary/aromatic N) is 4. The van der Waals surface area contributed by atoms with E-state index in [0.29, 0.717) is 23.4 Å². The maximum Gasteiger partial charge on any atom is 0.472 e. The molecule has 2 fully saturated rings. The van der Waals surface area contributed by atoms with Crippen molar-refractivity contribution in [1.29, 1.82) is 5.26 Å². The van der Waals surface area contributed by atoms with E-state index < -0.39 is 55.9 Å². The van der Waals surface area contributed by atoms with E-state index >= 15 is 0 Å². The number of fused-ring (bicyclic) bond motifs is 2. The van der Waals surface area contributed by atoms with Crippen LogP contribution in [0, 0.1) is 17.1 Å². The monoisotopic (exact) mass is 803 g/mol. The van der Waals surface area contributed by atoms with E-state index in [1.54, 1.807) is 12.1 Å². The van der Waals surface area contributed by atoms with Crippen LogP contribution in [0.3, 0.4) is 0 Å². The zero-order valence-corrected chi connectivity index (χ0v) is 33.6. The lowest BCUT2D eigenvalue weighted by atomic mass is 10.0. The van der Waals surface area contributed by atoms with Crippen LogP contribution < -0.4 is 5.73 Å². The molecule has 0 spiro atoms. The molecule has 5 rings (SSSR count). The van der Waals surface area contributed by atoms with Gasteiger partial charge in [-0.25, -0.2) is 18.5 Å². The molecule has 56 heavy (non-hydrogen) atoms. The minimum absolute atomic E-state index is 0.00690. The summed E-state index contributed by atoms with van der Waals surface area (Å²) < 4.78 is 57.2. The third kappa shape index (κ3) is 11.1. The van der Waals surface area contributed by atoms with Gasteiger partial charge in [0.25, 0.3) is 0 Å². The van der Waals surface area contributed by atoms with E-state index in [1.165, 1.54) is 107 Å². The maximum absolute atomic E-state index is 14.1. The van der Waals surface area contributed by atoms with Gasteiger partial charge in [-0.1, -0.05) is 96.8 Å². The van der Waals surface area contributed by atoms with Gasteiger partial charge in [-0.2, -0.15) is 10.4 Å². The predicted octanol–water partition coefficient (Wildman–Crippen LogP) is 7.23. The summed E-state index contributed by atoms with van der Waals surface area (Å²) in [5, 5.41) is 36.0. The normalized spacial score (nSPS) is 24.6. The number of aliphatic hydroxyl groups excluding tert-OH is 1. The van der Waals surface area contributed by atoms with Gasteiger partial charge in [0.2, 0.25) is 0 Å². The number of nitrogens with two attached hydrogens (primary N) is 1. The lowest BCUT2D eigenvalue weighted by Gasteiger charge is -2.24. The lowest BCUT2D eigenvalue weighted by Crippen LogP contribution is -2.35. The lowest BCUT2D eigenvalue weighted by molar-refractivity contribution is -0.0837. The van der Waals surface area contributed by atoms with E-state index in [2.05, 4.69) is 17.0 Å². The number of phosphoric ester groups is 1. The number of rotatable bonds is 27. The Balaban J connectivity index is 1.05. The number of nitriles is 1. The largest absolute Gasteiger partial charge is 0.472 e. The Morgan fingerprint density at radius 3 is 2.27 bits per heavy atom. The molecule has 5 N–H and O–H groups in total. The molecule has 2 aromatic heterocycles. The predicted molar refractivity (Wildman–Crippen MR) is 207 cm³/mol. The van der Waals surface area contributed by atoms with Crippen LogP contribution in [0.2, 0.25) is 0 Å². The number of ether oxygens (including phenoxy) is 3. The Bertz CT molecular complexity index is 1790. The zero-order valence-electron chi connectivity index (χ0n) is 32.7. The smallest absolute Gasteiger partial charge is 0.387 e. The van der Waals surface area contributed by atoms with E-state index in [0.717, 1.165) is 25.3 Å². The average molecular weight is 804 g/mol. The SMILES string of the molecule is CCCCCCCCCCCCCCCCCOC[C@H](COP(=O)(O)OC1[C@@]2(C)O[C@@H](c3ccc4c(N)ncnn34)[C@H](O)[C@@]12O)OCc1cc(F)cc(C#N)c1. The number of halogens is 1. The van der Waals surface area contributed by atoms with Crippen molar-refractivity contribution in [1.82, 2.24) is 14.6 Å². The van der Waals surface area contributed by atoms with Gasteiger partial charge < -0.3 is 35.1 Å². The molecule has 2 unspecified atom stereocenters. The van der Waals surface area contributed by atoms with Crippen molar-refractivity contribution in [3.8, 4) is 6.07 Å². The molecule has 3 aromatic rings. The van der Waals surface area contributed by atoms with Crippen LogP contribution in [0.5, 0.6) is 0 Å². The number of phosphoric acid groups is 1. The van der Waals surface area contributed by atoms with Crippen molar-refractivity contribution >= 4 is 19.2 Å². The molecule has 3 heterocycles. The number of benzene rings is 1. The molecule has 14 nitrogen and oxygen atoms in total. The molecule has 1 saturated carbocycles. The highest BCUT2D eigenvalue weighted by Gasteiger charge is 2.87. The summed E-state index contributed by atoms with van der Waals surface area (Å²) in [4.78, 5) is 14.7. The van der Waals surface area contributed by atoms with Crippen LogP contribution in [0.25, 0.3) is 5.52 Å². The average Bonchev–Trinajstić information content (AvgIpc) is 3.43. The fraction of sp³-hybridized carbons (Fsp3) is 0.675. The number of anilines is 1. The number of nitrogen functional groups attached to an aromatic ring is 1. The fourth-order valence-corrected chi connectivity index (χ4v) is 8.65. The molecular weight excluding hydrogens is 744 g/mol. The van der Waals surface area contributed by atoms with Crippen LogP contribution in [0.15, 0.2) is 36.7 Å². The van der Waals surface area contributed by atoms with Crippen LogP contribution in [0.1, 0.15) is 133 Å². The van der Waals surface area contributed by atoms with Gasteiger partial charge in [-0.15, -0.1) is 0 Å². The van der Waals surface area contributed by atoms with E-state index in [4.69, 9.17) is 29.0 Å². The van der Waals surface area contributed by atoms with E-state index in [9.17, 15) is 29.3 Å². The van der Waals surface area contributed by atoms with Crippen LogP contribution in [-0.2, 0) is 34.4 Å². The first-order valence-electron chi connectivity index (χ1n) is 20.1. The summed E-state index contributed by atoms with van der Waals surface area (Å²) in [5.41, 5.74) is 3.74. The number of hydrogen-bond donors (Lipinski definition) is 4. The van der Waals surface area contributed by atoms with Crippen molar-refractivity contribution in [2.45, 2.75) is 152 Å². The van der Waals surface area contributed by atoms with Crippen molar-refractivity contribution in [2.24, 2.45) is 0 Å². The second-order valence-corrected chi connectivity index (χ2v) is 16.7. The van der Waals surface area contributed by atoms with Crippen LogP contribution >= 0.6 is 7.82 Å². The Morgan fingerprint density at radius 2 is 1.66 bits per heavy atom. The number of aromatic nitrogens is 3. The first-order chi connectivity index (χ1) is 26.9. The topological polar surface area (TPSA) is 204 Å². The van der Waals surface area contributed by atoms with Crippen molar-refractivity contribution in [2.75, 3.05) is 25.6 Å². The summed E-state index contributed by atoms with van der Waals surface area (Å²) >= 11 is 0. The second-order valence-electron chi connectivity index (χ2n) is 15.3. The number of aliphatic hydroxyl groups is 2. The maximum atomic E-state index is 14.1. The summed E-state index contributed by atoms with van der Waals surface area (Å²) in [6.07, 6.45) is 15.1. The second kappa shape index (κ2) is 20.6. The quantitative estimate of drug-likeness (QED) is 0.0444. The van der Waals surface area contributed by atoms with Crippen molar-refractivity contribution in [3.05, 3.63) is 59.3 Å². The molecule has 1 aromatic carbocycles. The Kier molecular flexibility index (Phi) is 16.2. The van der Waals surface area contributed by atoms with Crippen LogP contribution in [-0.4, -0.2) is 79.0 Å². The molecule has 1 aliphatic carbocycles. The molecule has 0 radical (unpaired) electrons. The standard InChI is InChI=1S/C40H59FN5O9P/c1-3-4-5-6-7-8-9-10-11-12-13-14-15-16-17-20-51-26-32(52-25-30-21-29(24-42)22-31(41)23-30)27-53-56(49,50)55-38-39(2)40(38,48)36(47)35(54-39)33-18-19-34-37(43)44-28-45-46(33)34/h18-19,21-23,28,32,35-36,38,47-48H,3-17,20,25-27H2,1-2H3,(H,49,50)(H2,43,44,45)/t32-,35+,36+,38?,39-,40-/m1/s1. The highest BCUT2D eigenvalue weighted by molar-refractivity contribution is 7.47. The molecule has 0 amide bonds.